The van der Waals surface area contributed by atoms with Gasteiger partial charge in [0.05, 0.1) is 16.1 Å². The fourth-order valence-corrected chi connectivity index (χ4v) is 3.81. The molecule has 3 aromatic carbocycles. The predicted molar refractivity (Wildman–Crippen MR) is 147 cm³/mol. The summed E-state index contributed by atoms with van der Waals surface area (Å²) in [4.78, 5) is 37.8. The highest BCUT2D eigenvalue weighted by Gasteiger charge is 2.40. The first-order chi connectivity index (χ1) is 19.2. The Hall–Kier alpha value is -3.71. The van der Waals surface area contributed by atoms with Crippen LogP contribution in [-0.4, -0.2) is 36.9 Å². The van der Waals surface area contributed by atoms with Gasteiger partial charge in [-0.3, -0.25) is 14.4 Å². The fraction of sp³-hybridized carbons (Fsp3) is 0.222. The molecule has 3 amide bonds. The Kier molecular flexibility index (Phi) is 10.7. The van der Waals surface area contributed by atoms with Gasteiger partial charge in [0.2, 0.25) is 5.91 Å². The molecule has 1 unspecified atom stereocenters. The number of carbonyl (C=O) groups excluding carboxylic acids is 3. The predicted octanol–water partition coefficient (Wildman–Crippen LogP) is 7.07. The monoisotopic (exact) mass is 661 g/mol. The standard InChI is InChI=1S/C27H22BrClF5N3O4/c1-14(27(32,33)34)24(38)35-12-15-2-8-21(29)19(10-15)25(39)37-18-7-9-22(41-13-23(30)31)20(11-18)26(40)36-17-5-3-16(28)4-6-17/h2-11,14,23H,12-13H2,1H3,(H,35,38)(H,36,40)(H,37,39). The van der Waals surface area contributed by atoms with Crippen LogP contribution in [0.3, 0.4) is 0 Å². The van der Waals surface area contributed by atoms with E-state index in [1.54, 1.807) is 24.3 Å². The summed E-state index contributed by atoms with van der Waals surface area (Å²) in [6.45, 7) is -0.536. The average molecular weight is 663 g/mol. The third-order valence-corrected chi connectivity index (χ3v) is 6.43. The van der Waals surface area contributed by atoms with Crippen molar-refractivity contribution in [2.24, 2.45) is 5.92 Å². The molecule has 14 heteroatoms. The zero-order valence-electron chi connectivity index (χ0n) is 21.1. The van der Waals surface area contributed by atoms with Crippen LogP contribution >= 0.6 is 27.5 Å². The van der Waals surface area contributed by atoms with Crippen LogP contribution in [0.1, 0.15) is 33.2 Å². The zero-order chi connectivity index (χ0) is 30.3. The highest BCUT2D eigenvalue weighted by Crippen LogP contribution is 2.28. The van der Waals surface area contributed by atoms with Gasteiger partial charge in [0.15, 0.2) is 0 Å². The van der Waals surface area contributed by atoms with Crippen molar-refractivity contribution in [3.63, 3.8) is 0 Å². The SMILES string of the molecule is CC(C(=O)NCc1ccc(Cl)c(C(=O)Nc2ccc(OCC(F)F)c(C(=O)Nc3ccc(Br)cc3)c2)c1)C(F)(F)F. The number of alkyl halides is 5. The minimum Gasteiger partial charge on any atom is -0.487 e. The van der Waals surface area contributed by atoms with Gasteiger partial charge in [-0.15, -0.1) is 0 Å². The lowest BCUT2D eigenvalue weighted by atomic mass is 10.1. The molecule has 3 aromatic rings. The van der Waals surface area contributed by atoms with Crippen molar-refractivity contribution in [1.29, 1.82) is 0 Å². The molecule has 0 aromatic heterocycles. The van der Waals surface area contributed by atoms with Gasteiger partial charge in [-0.1, -0.05) is 33.6 Å². The molecule has 3 N–H and O–H groups in total. The first-order valence-corrected chi connectivity index (χ1v) is 13.0. The summed E-state index contributed by atoms with van der Waals surface area (Å²) in [5.41, 5.74) is 0.586. The molecule has 0 spiro atoms. The summed E-state index contributed by atoms with van der Waals surface area (Å²) in [6.07, 6.45) is -7.50. The Morgan fingerprint density at radius 2 is 1.51 bits per heavy atom. The molecule has 0 aliphatic heterocycles. The number of benzene rings is 3. The average Bonchev–Trinajstić information content (AvgIpc) is 2.91. The molecular formula is C27H22BrClF5N3O4. The molecule has 1 atom stereocenters. The van der Waals surface area contributed by atoms with E-state index < -0.39 is 42.8 Å². The molecule has 0 aliphatic rings. The Balaban J connectivity index is 1.80. The van der Waals surface area contributed by atoms with Crippen molar-refractivity contribution in [1.82, 2.24) is 5.32 Å². The minimum absolute atomic E-state index is 0.00586. The Labute approximate surface area is 244 Å². The number of hydrogen-bond donors (Lipinski definition) is 3. The van der Waals surface area contributed by atoms with Crippen LogP contribution in [0.25, 0.3) is 0 Å². The first kappa shape index (κ1) is 31.8. The van der Waals surface area contributed by atoms with Crippen molar-refractivity contribution in [2.75, 3.05) is 17.2 Å². The molecule has 0 aliphatic carbocycles. The number of nitrogens with one attached hydrogen (secondary N) is 3. The number of halogens is 7. The molecule has 7 nitrogen and oxygen atoms in total. The van der Waals surface area contributed by atoms with E-state index in [1.165, 1.54) is 36.4 Å². The van der Waals surface area contributed by atoms with Gasteiger partial charge in [-0.05, 0) is 67.1 Å². The maximum atomic E-state index is 13.0. The summed E-state index contributed by atoms with van der Waals surface area (Å²) in [6, 6.07) is 14.4. The Bertz CT molecular complexity index is 1420. The largest absolute Gasteiger partial charge is 0.487 e. The van der Waals surface area contributed by atoms with Crippen LogP contribution < -0.4 is 20.7 Å². The second-order valence-corrected chi connectivity index (χ2v) is 9.95. The van der Waals surface area contributed by atoms with Crippen molar-refractivity contribution in [3.05, 3.63) is 86.8 Å². The van der Waals surface area contributed by atoms with Crippen LogP contribution in [0.2, 0.25) is 5.02 Å². The van der Waals surface area contributed by atoms with E-state index in [-0.39, 0.29) is 34.1 Å². The molecule has 0 fully saturated rings. The normalized spacial score (nSPS) is 12.0. The van der Waals surface area contributed by atoms with Gasteiger partial charge >= 0.3 is 6.18 Å². The lowest BCUT2D eigenvalue weighted by molar-refractivity contribution is -0.178. The van der Waals surface area contributed by atoms with Crippen molar-refractivity contribution in [2.45, 2.75) is 26.1 Å². The number of amides is 3. The quantitative estimate of drug-likeness (QED) is 0.203. The van der Waals surface area contributed by atoms with Crippen molar-refractivity contribution < 1.29 is 41.1 Å². The first-order valence-electron chi connectivity index (χ1n) is 11.8. The van der Waals surface area contributed by atoms with E-state index >= 15 is 0 Å². The maximum absolute atomic E-state index is 13.0. The number of hydrogen-bond acceptors (Lipinski definition) is 4. The summed E-state index contributed by atoms with van der Waals surface area (Å²) in [5, 5.41) is 7.32. The van der Waals surface area contributed by atoms with Crippen LogP contribution in [-0.2, 0) is 11.3 Å². The second kappa shape index (κ2) is 13.8. The van der Waals surface area contributed by atoms with Crippen molar-refractivity contribution in [3.8, 4) is 5.75 Å². The molecule has 0 saturated heterocycles. The van der Waals surface area contributed by atoms with Crippen LogP contribution in [0.15, 0.2) is 65.1 Å². The van der Waals surface area contributed by atoms with Crippen molar-refractivity contribution >= 4 is 56.6 Å². The molecule has 0 radical (unpaired) electrons. The summed E-state index contributed by atoms with van der Waals surface area (Å²) < 4.78 is 69.7. The lowest BCUT2D eigenvalue weighted by Crippen LogP contribution is -2.37. The topological polar surface area (TPSA) is 96.5 Å². The smallest absolute Gasteiger partial charge is 0.400 e. The van der Waals surface area contributed by atoms with E-state index in [1.807, 2.05) is 0 Å². The van der Waals surface area contributed by atoms with Crippen LogP contribution in [0.5, 0.6) is 5.75 Å². The van der Waals surface area contributed by atoms with Gasteiger partial charge in [0.1, 0.15) is 18.3 Å². The van der Waals surface area contributed by atoms with E-state index in [0.29, 0.717) is 11.3 Å². The van der Waals surface area contributed by atoms with Gasteiger partial charge in [-0.25, -0.2) is 8.78 Å². The van der Waals surface area contributed by atoms with Gasteiger partial charge < -0.3 is 20.7 Å². The highest BCUT2D eigenvalue weighted by atomic mass is 79.9. The molecule has 0 bridgehead atoms. The lowest BCUT2D eigenvalue weighted by Gasteiger charge is -2.16. The molecule has 3 rings (SSSR count). The molecule has 0 saturated carbocycles. The number of carbonyl (C=O) groups is 3. The third kappa shape index (κ3) is 9.15. The van der Waals surface area contributed by atoms with Gasteiger partial charge in [0.25, 0.3) is 18.2 Å². The zero-order valence-corrected chi connectivity index (χ0v) is 23.5. The number of ether oxygens (including phenoxy) is 1. The van der Waals surface area contributed by atoms with Gasteiger partial charge in [0, 0.05) is 22.4 Å². The summed E-state index contributed by atoms with van der Waals surface area (Å²) in [5.74, 6) is -5.05. The van der Waals surface area contributed by atoms with E-state index in [0.717, 1.165) is 11.4 Å². The Morgan fingerprint density at radius 1 is 0.902 bits per heavy atom. The second-order valence-electron chi connectivity index (χ2n) is 8.62. The van der Waals surface area contributed by atoms with Crippen LogP contribution in [0, 0.1) is 5.92 Å². The number of rotatable bonds is 10. The summed E-state index contributed by atoms with van der Waals surface area (Å²) in [7, 11) is 0. The molecule has 218 valence electrons. The van der Waals surface area contributed by atoms with E-state index in [9.17, 15) is 36.3 Å². The molecule has 41 heavy (non-hydrogen) atoms. The van der Waals surface area contributed by atoms with E-state index in [4.69, 9.17) is 16.3 Å². The fourth-order valence-electron chi connectivity index (χ4n) is 3.34. The van der Waals surface area contributed by atoms with Gasteiger partial charge in [-0.2, -0.15) is 13.2 Å². The van der Waals surface area contributed by atoms with Crippen LogP contribution in [0.4, 0.5) is 33.3 Å². The minimum atomic E-state index is -4.71. The maximum Gasteiger partial charge on any atom is 0.400 e. The Morgan fingerprint density at radius 3 is 2.15 bits per heavy atom. The highest BCUT2D eigenvalue weighted by molar-refractivity contribution is 9.10. The molecule has 0 heterocycles. The third-order valence-electron chi connectivity index (χ3n) is 5.58. The number of anilines is 2. The van der Waals surface area contributed by atoms with E-state index in [2.05, 4.69) is 31.9 Å². The summed E-state index contributed by atoms with van der Waals surface area (Å²) >= 11 is 9.43. The molecular weight excluding hydrogens is 641 g/mol.